The highest BCUT2D eigenvalue weighted by atomic mass is 35.5. The normalized spacial score (nSPS) is 15.1. The van der Waals surface area contributed by atoms with Crippen LogP contribution in [0.25, 0.3) is 0 Å². The maximum absolute atomic E-state index is 9.44. The van der Waals surface area contributed by atoms with Gasteiger partial charge in [0.15, 0.2) is 0 Å². The average Bonchev–Trinajstić information content (AvgIpc) is 2.96. The molecule has 1 aliphatic rings. The fourth-order valence-electron chi connectivity index (χ4n) is 2.22. The van der Waals surface area contributed by atoms with Gasteiger partial charge in [-0.2, -0.15) is 0 Å². The quantitative estimate of drug-likeness (QED) is 0.933. The van der Waals surface area contributed by atoms with Gasteiger partial charge in [0.05, 0.1) is 25.5 Å². The van der Waals surface area contributed by atoms with Crippen molar-refractivity contribution in [2.24, 2.45) is 0 Å². The summed E-state index contributed by atoms with van der Waals surface area (Å²) in [5.74, 6) is 0.901. The van der Waals surface area contributed by atoms with E-state index in [1.165, 1.54) is 0 Å². The SMILES string of the molecule is CC(O)c1cn(Cc2cc(Cl)cc3c2OCC3)nn1. The summed E-state index contributed by atoms with van der Waals surface area (Å²) >= 11 is 6.11. The number of fused-ring (bicyclic) bond motifs is 1. The van der Waals surface area contributed by atoms with Gasteiger partial charge in [0.25, 0.3) is 0 Å². The molecule has 0 radical (unpaired) electrons. The Balaban J connectivity index is 1.90. The van der Waals surface area contributed by atoms with Gasteiger partial charge in [-0.3, -0.25) is 0 Å². The number of benzene rings is 1. The number of halogens is 1. The third-order valence-corrected chi connectivity index (χ3v) is 3.36. The van der Waals surface area contributed by atoms with Gasteiger partial charge in [-0.1, -0.05) is 16.8 Å². The van der Waals surface area contributed by atoms with Crippen LogP contribution in [0, 0.1) is 0 Å². The largest absolute Gasteiger partial charge is 0.493 e. The van der Waals surface area contributed by atoms with Gasteiger partial charge in [-0.15, -0.1) is 5.10 Å². The van der Waals surface area contributed by atoms with E-state index in [0.29, 0.717) is 23.9 Å². The van der Waals surface area contributed by atoms with Crippen LogP contribution in [0.5, 0.6) is 5.75 Å². The Morgan fingerprint density at radius 2 is 2.37 bits per heavy atom. The minimum Gasteiger partial charge on any atom is -0.493 e. The fourth-order valence-corrected chi connectivity index (χ4v) is 2.48. The molecule has 0 saturated carbocycles. The molecule has 1 atom stereocenters. The molecule has 0 spiro atoms. The first-order valence-corrected chi connectivity index (χ1v) is 6.53. The molecule has 100 valence electrons. The van der Waals surface area contributed by atoms with E-state index >= 15 is 0 Å². The number of aliphatic hydroxyl groups excluding tert-OH is 1. The molecule has 6 heteroatoms. The van der Waals surface area contributed by atoms with Crippen LogP contribution in [0.3, 0.4) is 0 Å². The topological polar surface area (TPSA) is 60.2 Å². The second kappa shape index (κ2) is 4.83. The minimum absolute atomic E-state index is 0.530. The Bertz CT molecular complexity index is 610. The summed E-state index contributed by atoms with van der Waals surface area (Å²) in [6.45, 7) is 2.89. The van der Waals surface area contributed by atoms with Crippen LogP contribution < -0.4 is 4.74 Å². The summed E-state index contributed by atoms with van der Waals surface area (Å²) in [6, 6.07) is 3.82. The van der Waals surface area contributed by atoms with E-state index in [1.807, 2.05) is 12.1 Å². The molecule has 1 unspecified atom stereocenters. The second-order valence-corrected chi connectivity index (χ2v) is 5.11. The Hall–Kier alpha value is -1.59. The van der Waals surface area contributed by atoms with Crippen LogP contribution in [0.4, 0.5) is 0 Å². The Kier molecular flexibility index (Phi) is 3.16. The van der Waals surface area contributed by atoms with E-state index in [-0.39, 0.29) is 0 Å². The third kappa shape index (κ3) is 2.43. The van der Waals surface area contributed by atoms with Crippen molar-refractivity contribution in [3.05, 3.63) is 40.2 Å². The van der Waals surface area contributed by atoms with Gasteiger partial charge < -0.3 is 9.84 Å². The van der Waals surface area contributed by atoms with E-state index in [1.54, 1.807) is 17.8 Å². The molecule has 0 amide bonds. The van der Waals surface area contributed by atoms with Crippen molar-refractivity contribution in [2.45, 2.75) is 26.0 Å². The van der Waals surface area contributed by atoms with Crippen molar-refractivity contribution >= 4 is 11.6 Å². The molecule has 2 heterocycles. The van der Waals surface area contributed by atoms with Crippen molar-refractivity contribution in [3.63, 3.8) is 0 Å². The molecule has 1 N–H and O–H groups in total. The van der Waals surface area contributed by atoms with Crippen LogP contribution in [-0.2, 0) is 13.0 Å². The predicted molar refractivity (Wildman–Crippen MR) is 70.4 cm³/mol. The van der Waals surface area contributed by atoms with Gasteiger partial charge in [0.2, 0.25) is 0 Å². The zero-order valence-electron chi connectivity index (χ0n) is 10.5. The van der Waals surface area contributed by atoms with Gasteiger partial charge in [-0.05, 0) is 24.6 Å². The van der Waals surface area contributed by atoms with Gasteiger partial charge in [-0.25, -0.2) is 4.68 Å². The van der Waals surface area contributed by atoms with Gasteiger partial charge in [0, 0.05) is 17.0 Å². The minimum atomic E-state index is -0.616. The first-order valence-electron chi connectivity index (χ1n) is 6.15. The van der Waals surface area contributed by atoms with Crippen LogP contribution in [-0.4, -0.2) is 26.7 Å². The zero-order chi connectivity index (χ0) is 13.4. The summed E-state index contributed by atoms with van der Waals surface area (Å²) in [5.41, 5.74) is 2.68. The van der Waals surface area contributed by atoms with Crippen molar-refractivity contribution < 1.29 is 9.84 Å². The number of aromatic nitrogens is 3. The van der Waals surface area contributed by atoms with E-state index in [0.717, 1.165) is 23.3 Å². The first kappa shape index (κ1) is 12.4. The highest BCUT2D eigenvalue weighted by Gasteiger charge is 2.18. The first-order chi connectivity index (χ1) is 9.13. The zero-order valence-corrected chi connectivity index (χ0v) is 11.3. The Morgan fingerprint density at radius 1 is 1.53 bits per heavy atom. The lowest BCUT2D eigenvalue weighted by atomic mass is 10.1. The smallest absolute Gasteiger partial charge is 0.127 e. The van der Waals surface area contributed by atoms with E-state index in [9.17, 15) is 5.11 Å². The fraction of sp³-hybridized carbons (Fsp3) is 0.385. The Morgan fingerprint density at radius 3 is 3.11 bits per heavy atom. The molecule has 0 aliphatic carbocycles. The number of ether oxygens (including phenoxy) is 1. The summed E-state index contributed by atoms with van der Waals surface area (Å²) < 4.78 is 7.32. The summed E-state index contributed by atoms with van der Waals surface area (Å²) in [5, 5.41) is 18.1. The molecular formula is C13H14ClN3O2. The highest BCUT2D eigenvalue weighted by molar-refractivity contribution is 6.30. The maximum Gasteiger partial charge on any atom is 0.127 e. The lowest BCUT2D eigenvalue weighted by molar-refractivity contribution is 0.194. The lowest BCUT2D eigenvalue weighted by Gasteiger charge is -2.08. The molecule has 1 aliphatic heterocycles. The summed E-state index contributed by atoms with van der Waals surface area (Å²) in [7, 11) is 0. The van der Waals surface area contributed by atoms with E-state index in [2.05, 4.69) is 10.3 Å². The predicted octanol–water partition coefficient (Wildman–Crippen LogP) is 1.97. The Labute approximate surface area is 115 Å². The van der Waals surface area contributed by atoms with Crippen molar-refractivity contribution in [3.8, 4) is 5.75 Å². The molecule has 0 fully saturated rings. The molecule has 5 nitrogen and oxygen atoms in total. The molecule has 0 saturated heterocycles. The van der Waals surface area contributed by atoms with Crippen molar-refractivity contribution in [1.29, 1.82) is 0 Å². The second-order valence-electron chi connectivity index (χ2n) is 4.67. The number of rotatable bonds is 3. The van der Waals surface area contributed by atoms with Gasteiger partial charge >= 0.3 is 0 Å². The molecule has 1 aromatic carbocycles. The summed E-state index contributed by atoms with van der Waals surface area (Å²) in [6.07, 6.45) is 2.00. The number of aliphatic hydroxyl groups is 1. The molecule has 19 heavy (non-hydrogen) atoms. The van der Waals surface area contributed by atoms with Crippen molar-refractivity contribution in [2.75, 3.05) is 6.61 Å². The third-order valence-electron chi connectivity index (χ3n) is 3.14. The standard InChI is InChI=1S/C13H14ClN3O2/c1-8(18)12-7-17(16-15-12)6-10-5-11(14)4-9-2-3-19-13(9)10/h4-5,7-8,18H,2-3,6H2,1H3. The van der Waals surface area contributed by atoms with Crippen LogP contribution >= 0.6 is 11.6 Å². The van der Waals surface area contributed by atoms with Gasteiger partial charge in [0.1, 0.15) is 11.4 Å². The van der Waals surface area contributed by atoms with Crippen LogP contribution in [0.2, 0.25) is 5.02 Å². The highest BCUT2D eigenvalue weighted by Crippen LogP contribution is 2.33. The number of hydrogen-bond donors (Lipinski definition) is 1. The van der Waals surface area contributed by atoms with Crippen LogP contribution in [0.1, 0.15) is 29.8 Å². The maximum atomic E-state index is 9.44. The van der Waals surface area contributed by atoms with E-state index in [4.69, 9.17) is 16.3 Å². The van der Waals surface area contributed by atoms with Crippen molar-refractivity contribution in [1.82, 2.24) is 15.0 Å². The molecule has 3 rings (SSSR count). The number of nitrogens with zero attached hydrogens (tertiary/aromatic N) is 3. The lowest BCUT2D eigenvalue weighted by Crippen LogP contribution is -2.02. The molecular weight excluding hydrogens is 266 g/mol. The molecule has 2 aromatic rings. The monoisotopic (exact) mass is 279 g/mol. The molecule has 1 aromatic heterocycles. The average molecular weight is 280 g/mol. The summed E-state index contributed by atoms with van der Waals surface area (Å²) in [4.78, 5) is 0. The number of hydrogen-bond acceptors (Lipinski definition) is 4. The van der Waals surface area contributed by atoms with E-state index < -0.39 is 6.10 Å². The molecule has 0 bridgehead atoms. The van der Waals surface area contributed by atoms with Crippen LogP contribution in [0.15, 0.2) is 18.3 Å².